The minimum absolute atomic E-state index is 0.000619. The van der Waals surface area contributed by atoms with Crippen LogP contribution in [0.15, 0.2) is 67.0 Å². The van der Waals surface area contributed by atoms with E-state index >= 15 is 0 Å². The van der Waals surface area contributed by atoms with Crippen LogP contribution in [0, 0.1) is 0 Å². The van der Waals surface area contributed by atoms with Crippen molar-refractivity contribution in [1.82, 2.24) is 24.8 Å². The molecule has 2 aromatic heterocycles. The molecule has 2 saturated heterocycles. The molecule has 13 nitrogen and oxygen atoms in total. The molecular weight excluding hydrogens is 542 g/mol. The van der Waals surface area contributed by atoms with Gasteiger partial charge in [0.2, 0.25) is 5.95 Å². The zero-order chi connectivity index (χ0) is 29.2. The Morgan fingerprint density at radius 3 is 2.33 bits per heavy atom. The molecule has 2 aliphatic rings. The summed E-state index contributed by atoms with van der Waals surface area (Å²) in [5.74, 6) is 0.829. The lowest BCUT2D eigenvalue weighted by molar-refractivity contribution is -0.0511. The molecule has 2 aromatic carbocycles. The van der Waals surface area contributed by atoms with Gasteiger partial charge < -0.3 is 40.7 Å². The maximum absolute atomic E-state index is 11.2. The minimum atomic E-state index is -1.31. The Balaban J connectivity index is 1.37. The summed E-state index contributed by atoms with van der Waals surface area (Å²) < 4.78 is 7.30. The number of aromatic nitrogens is 4. The normalized spacial score (nSPS) is 24.0. The van der Waals surface area contributed by atoms with Gasteiger partial charge in [0.15, 0.2) is 23.2 Å². The van der Waals surface area contributed by atoms with E-state index in [0.29, 0.717) is 49.0 Å². The number of aliphatic hydroxyl groups is 3. The van der Waals surface area contributed by atoms with Crippen LogP contribution in [0.3, 0.4) is 0 Å². The summed E-state index contributed by atoms with van der Waals surface area (Å²) in [6, 6.07) is 20.0. The Labute approximate surface area is 241 Å². The summed E-state index contributed by atoms with van der Waals surface area (Å²) in [4.78, 5) is 27.2. The van der Waals surface area contributed by atoms with Gasteiger partial charge in [0.25, 0.3) is 0 Å². The number of benzene rings is 2. The van der Waals surface area contributed by atoms with Gasteiger partial charge in [0, 0.05) is 25.6 Å². The molecule has 0 aliphatic carbocycles. The molecule has 42 heavy (non-hydrogen) atoms. The highest BCUT2D eigenvalue weighted by molar-refractivity contribution is 5.84. The van der Waals surface area contributed by atoms with Crippen molar-refractivity contribution in [2.45, 2.75) is 42.9 Å². The summed E-state index contributed by atoms with van der Waals surface area (Å²) in [6.07, 6.45) is -3.61. The molecule has 13 heteroatoms. The van der Waals surface area contributed by atoms with E-state index in [4.69, 9.17) is 14.7 Å². The topological polar surface area (TPSA) is 178 Å². The molecule has 1 amide bonds. The maximum Gasteiger partial charge on any atom is 0.404 e. The number of carbonyl (C=O) groups is 1. The number of amides is 1. The zero-order valence-electron chi connectivity index (χ0n) is 22.7. The molecule has 4 aromatic rings. The first-order valence-corrected chi connectivity index (χ1v) is 13.9. The predicted octanol–water partition coefficient (Wildman–Crippen LogP) is 1.53. The third-order valence-electron chi connectivity index (χ3n) is 7.88. The predicted molar refractivity (Wildman–Crippen MR) is 153 cm³/mol. The fourth-order valence-corrected chi connectivity index (χ4v) is 5.70. The van der Waals surface area contributed by atoms with E-state index in [0.717, 1.165) is 11.1 Å². The van der Waals surface area contributed by atoms with Crippen molar-refractivity contribution in [2.75, 3.05) is 36.5 Å². The molecule has 6 N–H and O–H groups in total. The quantitative estimate of drug-likeness (QED) is 0.170. The fourth-order valence-electron chi connectivity index (χ4n) is 5.70. The van der Waals surface area contributed by atoms with E-state index in [9.17, 15) is 25.2 Å². The number of hydrogen-bond donors (Lipinski definition) is 6. The van der Waals surface area contributed by atoms with Crippen LogP contribution in [0.5, 0.6) is 0 Å². The molecular formula is C29H33N7O6. The van der Waals surface area contributed by atoms with Crippen LogP contribution < -0.4 is 15.5 Å². The number of nitrogens with one attached hydrogen (secondary N) is 2. The number of imidazole rings is 1. The van der Waals surface area contributed by atoms with Gasteiger partial charge in [-0.15, -0.1) is 0 Å². The third kappa shape index (κ3) is 5.46. The first kappa shape index (κ1) is 27.8. The smallest absolute Gasteiger partial charge is 0.404 e. The van der Waals surface area contributed by atoms with Crippen molar-refractivity contribution >= 4 is 29.0 Å². The lowest BCUT2D eigenvalue weighted by Crippen LogP contribution is -2.36. The molecule has 6 rings (SSSR count). The van der Waals surface area contributed by atoms with Crippen LogP contribution in [0.25, 0.3) is 11.2 Å². The third-order valence-corrected chi connectivity index (χ3v) is 7.88. The van der Waals surface area contributed by atoms with Gasteiger partial charge in [0.1, 0.15) is 18.3 Å². The highest BCUT2D eigenvalue weighted by Gasteiger charge is 2.44. The molecule has 5 atom stereocenters. The van der Waals surface area contributed by atoms with Crippen LogP contribution in [0.2, 0.25) is 0 Å². The standard InChI is InChI=1S/C29H33N7O6/c37-15-21-23(38)24(39)27(42-21)36-16-31-22-25(33-28(34-26(22)36)35-12-11-19(14-35)32-29(40)41)30-13-20(17-7-3-1-4-8-17)18-9-5-2-6-10-18/h1-10,16,19-21,23-24,27,32,37-39H,11-15H2,(H,40,41)(H,30,33,34)/t19-,21+,23+,24+,27+/m0/s1. The van der Waals surface area contributed by atoms with Gasteiger partial charge in [-0.1, -0.05) is 60.7 Å². The summed E-state index contributed by atoms with van der Waals surface area (Å²) in [5, 5.41) is 45.9. The number of fused-ring (bicyclic) bond motifs is 1. The highest BCUT2D eigenvalue weighted by atomic mass is 16.6. The first-order chi connectivity index (χ1) is 20.4. The van der Waals surface area contributed by atoms with Crippen molar-refractivity contribution in [2.24, 2.45) is 0 Å². The summed E-state index contributed by atoms with van der Waals surface area (Å²) in [6.45, 7) is 0.953. The van der Waals surface area contributed by atoms with Crippen LogP contribution in [-0.4, -0.2) is 96.6 Å². The molecule has 0 radical (unpaired) electrons. The number of carboxylic acid groups (broad SMARTS) is 1. The summed E-state index contributed by atoms with van der Waals surface area (Å²) in [5.41, 5.74) is 3.06. The van der Waals surface area contributed by atoms with E-state index < -0.39 is 37.2 Å². The van der Waals surface area contributed by atoms with E-state index in [-0.39, 0.29) is 12.0 Å². The lowest BCUT2D eigenvalue weighted by atomic mass is 9.91. The second kappa shape index (κ2) is 11.9. The van der Waals surface area contributed by atoms with Crippen molar-refractivity contribution in [3.8, 4) is 0 Å². The van der Waals surface area contributed by atoms with E-state index in [1.165, 1.54) is 10.9 Å². The van der Waals surface area contributed by atoms with Crippen molar-refractivity contribution in [3.05, 3.63) is 78.1 Å². The van der Waals surface area contributed by atoms with Crippen molar-refractivity contribution in [3.63, 3.8) is 0 Å². The largest absolute Gasteiger partial charge is 0.465 e. The number of hydrogen-bond acceptors (Lipinski definition) is 10. The summed E-state index contributed by atoms with van der Waals surface area (Å²) in [7, 11) is 0. The Morgan fingerprint density at radius 1 is 1.02 bits per heavy atom. The molecule has 220 valence electrons. The number of aliphatic hydroxyl groups excluding tert-OH is 3. The Morgan fingerprint density at radius 2 is 1.71 bits per heavy atom. The minimum Gasteiger partial charge on any atom is -0.465 e. The first-order valence-electron chi connectivity index (χ1n) is 13.9. The SMILES string of the molecule is O=C(O)N[C@H]1CCN(c2nc(NCC(c3ccccc3)c3ccccc3)c3ncn([C@@H]4O[C@H](CO)[C@@H](O)[C@H]4O)c3n2)C1. The monoisotopic (exact) mass is 575 g/mol. The number of nitrogens with zero attached hydrogens (tertiary/aromatic N) is 5. The molecule has 0 spiro atoms. The van der Waals surface area contributed by atoms with Gasteiger partial charge in [-0.05, 0) is 17.5 Å². The molecule has 0 saturated carbocycles. The Hall–Kier alpha value is -4.30. The molecule has 2 aliphatic heterocycles. The highest BCUT2D eigenvalue weighted by Crippen LogP contribution is 2.34. The average Bonchev–Trinajstić information content (AvgIpc) is 3.72. The lowest BCUT2D eigenvalue weighted by Gasteiger charge is -2.22. The Kier molecular flexibility index (Phi) is 7.89. The zero-order valence-corrected chi connectivity index (χ0v) is 22.7. The Bertz CT molecular complexity index is 1480. The maximum atomic E-state index is 11.2. The second-order valence-electron chi connectivity index (χ2n) is 10.6. The molecule has 4 heterocycles. The van der Waals surface area contributed by atoms with Crippen molar-refractivity contribution in [1.29, 1.82) is 0 Å². The van der Waals surface area contributed by atoms with Crippen LogP contribution >= 0.6 is 0 Å². The van der Waals surface area contributed by atoms with Gasteiger partial charge in [-0.25, -0.2) is 9.78 Å². The van der Waals surface area contributed by atoms with Gasteiger partial charge in [-0.3, -0.25) is 4.57 Å². The molecule has 2 fully saturated rings. The summed E-state index contributed by atoms with van der Waals surface area (Å²) >= 11 is 0. The number of ether oxygens (including phenoxy) is 1. The molecule has 0 unspecified atom stereocenters. The van der Waals surface area contributed by atoms with E-state index in [1.807, 2.05) is 41.3 Å². The number of rotatable bonds is 9. The van der Waals surface area contributed by atoms with Gasteiger partial charge in [-0.2, -0.15) is 9.97 Å². The molecule has 0 bridgehead atoms. The van der Waals surface area contributed by atoms with Crippen LogP contribution in [0.4, 0.5) is 16.6 Å². The number of anilines is 2. The fraction of sp³-hybridized carbons (Fsp3) is 0.379. The average molecular weight is 576 g/mol. The van der Waals surface area contributed by atoms with Gasteiger partial charge >= 0.3 is 6.09 Å². The van der Waals surface area contributed by atoms with E-state index in [1.54, 1.807) is 0 Å². The van der Waals surface area contributed by atoms with Crippen LogP contribution in [-0.2, 0) is 4.74 Å². The van der Waals surface area contributed by atoms with Crippen molar-refractivity contribution < 1.29 is 30.0 Å². The van der Waals surface area contributed by atoms with Gasteiger partial charge in [0.05, 0.1) is 19.0 Å². The van der Waals surface area contributed by atoms with Crippen LogP contribution in [0.1, 0.15) is 29.7 Å². The van der Waals surface area contributed by atoms with E-state index in [2.05, 4.69) is 39.9 Å². The second-order valence-corrected chi connectivity index (χ2v) is 10.6.